The highest BCUT2D eigenvalue weighted by Gasteiger charge is 2.22. The van der Waals surface area contributed by atoms with Gasteiger partial charge in [-0.05, 0) is 39.3 Å². The van der Waals surface area contributed by atoms with Crippen molar-refractivity contribution in [2.75, 3.05) is 0 Å². The number of pyridine rings is 1. The molecule has 0 aliphatic rings. The number of imidazole rings is 1. The molecule has 0 aromatic carbocycles. The molecule has 2 rings (SSSR count). The molecule has 0 fully saturated rings. The maximum Gasteiger partial charge on any atom is 0.243 e. The summed E-state index contributed by atoms with van der Waals surface area (Å²) in [6.07, 6.45) is 1.72. The Morgan fingerprint density at radius 1 is 1.45 bits per heavy atom. The van der Waals surface area contributed by atoms with Crippen molar-refractivity contribution in [2.45, 2.75) is 45.7 Å². The standard InChI is InChI=1S/C14H19ClN4O/c1-8(2)17-14(20)10(4)19-11(7-15)18-12-9(3)5-6-16-13(12)19/h5-6,8,10H,7H2,1-4H3,(H,17,20). The van der Waals surface area contributed by atoms with Crippen LogP contribution in [0, 0.1) is 6.92 Å². The van der Waals surface area contributed by atoms with Gasteiger partial charge in [-0.15, -0.1) is 11.6 Å². The molecule has 0 aliphatic carbocycles. The second-order valence-electron chi connectivity index (χ2n) is 5.17. The third-order valence-electron chi connectivity index (χ3n) is 3.17. The summed E-state index contributed by atoms with van der Waals surface area (Å²) in [4.78, 5) is 21.1. The minimum Gasteiger partial charge on any atom is -0.352 e. The molecule has 0 aliphatic heterocycles. The van der Waals surface area contributed by atoms with Crippen LogP contribution in [0.1, 0.15) is 38.2 Å². The van der Waals surface area contributed by atoms with Gasteiger partial charge in [0.1, 0.15) is 17.4 Å². The summed E-state index contributed by atoms with van der Waals surface area (Å²) in [5.74, 6) is 0.846. The van der Waals surface area contributed by atoms with E-state index in [2.05, 4.69) is 15.3 Å². The van der Waals surface area contributed by atoms with Crippen molar-refractivity contribution >= 4 is 28.7 Å². The Labute approximate surface area is 123 Å². The van der Waals surface area contributed by atoms with Gasteiger partial charge < -0.3 is 5.32 Å². The van der Waals surface area contributed by atoms with E-state index in [-0.39, 0.29) is 17.8 Å². The molecule has 6 heteroatoms. The average Bonchev–Trinajstić information content (AvgIpc) is 2.77. The maximum atomic E-state index is 12.2. The van der Waals surface area contributed by atoms with Crippen molar-refractivity contribution in [1.29, 1.82) is 0 Å². The third-order valence-corrected chi connectivity index (χ3v) is 3.41. The number of nitrogens with one attached hydrogen (secondary N) is 1. The van der Waals surface area contributed by atoms with Crippen LogP contribution in [-0.4, -0.2) is 26.5 Å². The molecule has 1 N–H and O–H groups in total. The molecule has 0 saturated heterocycles. The normalized spacial score (nSPS) is 12.9. The van der Waals surface area contributed by atoms with E-state index in [1.54, 1.807) is 6.20 Å². The van der Waals surface area contributed by atoms with Gasteiger partial charge >= 0.3 is 0 Å². The molecule has 2 aromatic heterocycles. The molecular formula is C14H19ClN4O. The number of nitrogens with zero attached hydrogens (tertiary/aromatic N) is 3. The van der Waals surface area contributed by atoms with E-state index >= 15 is 0 Å². The zero-order chi connectivity index (χ0) is 14.9. The molecular weight excluding hydrogens is 276 g/mol. The first-order valence-electron chi connectivity index (χ1n) is 6.64. The van der Waals surface area contributed by atoms with Crippen LogP contribution in [-0.2, 0) is 10.7 Å². The van der Waals surface area contributed by atoms with Crippen LogP contribution in [0.5, 0.6) is 0 Å². The fraction of sp³-hybridized carbons (Fsp3) is 0.500. The van der Waals surface area contributed by atoms with Gasteiger partial charge in [-0.1, -0.05) is 0 Å². The van der Waals surface area contributed by atoms with Gasteiger partial charge in [-0.2, -0.15) is 0 Å². The first-order chi connectivity index (χ1) is 9.45. The van der Waals surface area contributed by atoms with Gasteiger partial charge in [0.25, 0.3) is 0 Å². The summed E-state index contributed by atoms with van der Waals surface area (Å²) in [6, 6.07) is 1.59. The van der Waals surface area contributed by atoms with E-state index in [1.165, 1.54) is 0 Å². The lowest BCUT2D eigenvalue weighted by atomic mass is 10.2. The highest BCUT2D eigenvalue weighted by atomic mass is 35.5. The molecule has 20 heavy (non-hydrogen) atoms. The first-order valence-corrected chi connectivity index (χ1v) is 7.18. The minimum atomic E-state index is -0.398. The summed E-state index contributed by atoms with van der Waals surface area (Å²) in [5, 5.41) is 2.90. The van der Waals surface area contributed by atoms with Crippen LogP contribution in [0.15, 0.2) is 12.3 Å². The lowest BCUT2D eigenvalue weighted by Crippen LogP contribution is -2.36. The molecule has 0 saturated carbocycles. The quantitative estimate of drug-likeness (QED) is 0.882. The lowest BCUT2D eigenvalue weighted by molar-refractivity contribution is -0.124. The molecule has 1 unspecified atom stereocenters. The number of carbonyl (C=O) groups excluding carboxylic acids is 1. The Morgan fingerprint density at radius 2 is 2.15 bits per heavy atom. The van der Waals surface area contributed by atoms with Crippen LogP contribution in [0.25, 0.3) is 11.2 Å². The fourth-order valence-electron chi connectivity index (χ4n) is 2.18. The fourth-order valence-corrected chi connectivity index (χ4v) is 2.37. The Bertz CT molecular complexity index is 635. The van der Waals surface area contributed by atoms with Crippen LogP contribution in [0.2, 0.25) is 0 Å². The Hall–Kier alpha value is -1.62. The third kappa shape index (κ3) is 2.63. The summed E-state index contributed by atoms with van der Waals surface area (Å²) in [7, 11) is 0. The van der Waals surface area contributed by atoms with Gasteiger partial charge in [-0.3, -0.25) is 9.36 Å². The molecule has 2 heterocycles. The van der Waals surface area contributed by atoms with Crippen molar-refractivity contribution in [3.05, 3.63) is 23.7 Å². The van der Waals surface area contributed by atoms with Crippen LogP contribution < -0.4 is 5.32 Å². The smallest absolute Gasteiger partial charge is 0.243 e. The molecule has 0 spiro atoms. The zero-order valence-corrected chi connectivity index (χ0v) is 12.9. The van der Waals surface area contributed by atoms with Crippen LogP contribution >= 0.6 is 11.6 Å². The Morgan fingerprint density at radius 3 is 2.75 bits per heavy atom. The van der Waals surface area contributed by atoms with Gasteiger partial charge in [0, 0.05) is 12.2 Å². The van der Waals surface area contributed by atoms with Gasteiger partial charge in [0.2, 0.25) is 5.91 Å². The molecule has 1 amide bonds. The zero-order valence-electron chi connectivity index (χ0n) is 12.1. The van der Waals surface area contributed by atoms with Crippen molar-refractivity contribution in [3.63, 3.8) is 0 Å². The van der Waals surface area contributed by atoms with Gasteiger partial charge in [0.05, 0.1) is 5.88 Å². The van der Waals surface area contributed by atoms with E-state index < -0.39 is 6.04 Å². The molecule has 0 bridgehead atoms. The number of alkyl halides is 1. The number of hydrogen-bond acceptors (Lipinski definition) is 3. The van der Waals surface area contributed by atoms with Crippen molar-refractivity contribution < 1.29 is 4.79 Å². The molecule has 2 aromatic rings. The van der Waals surface area contributed by atoms with E-state index in [1.807, 2.05) is 38.3 Å². The van der Waals surface area contributed by atoms with Crippen molar-refractivity contribution in [2.24, 2.45) is 0 Å². The number of hydrogen-bond donors (Lipinski definition) is 1. The van der Waals surface area contributed by atoms with E-state index in [0.717, 1.165) is 11.1 Å². The summed E-state index contributed by atoms with van der Waals surface area (Å²) in [5.41, 5.74) is 2.52. The molecule has 108 valence electrons. The van der Waals surface area contributed by atoms with Gasteiger partial charge in [-0.25, -0.2) is 9.97 Å². The number of aromatic nitrogens is 3. The van der Waals surface area contributed by atoms with Crippen molar-refractivity contribution in [3.8, 4) is 0 Å². The number of aryl methyl sites for hydroxylation is 1. The highest BCUT2D eigenvalue weighted by molar-refractivity contribution is 6.16. The highest BCUT2D eigenvalue weighted by Crippen LogP contribution is 2.23. The predicted molar refractivity (Wildman–Crippen MR) is 79.8 cm³/mol. The topological polar surface area (TPSA) is 59.8 Å². The van der Waals surface area contributed by atoms with E-state index in [9.17, 15) is 4.79 Å². The number of fused-ring (bicyclic) bond motifs is 1. The van der Waals surface area contributed by atoms with Crippen LogP contribution in [0.4, 0.5) is 0 Å². The number of carbonyl (C=O) groups is 1. The largest absolute Gasteiger partial charge is 0.352 e. The second-order valence-corrected chi connectivity index (χ2v) is 5.44. The first kappa shape index (κ1) is 14.8. The second kappa shape index (κ2) is 5.79. The summed E-state index contributed by atoms with van der Waals surface area (Å²) >= 11 is 5.97. The monoisotopic (exact) mass is 294 g/mol. The number of amides is 1. The average molecular weight is 295 g/mol. The number of rotatable bonds is 4. The SMILES string of the molecule is Cc1ccnc2c1nc(CCl)n2C(C)C(=O)NC(C)C. The summed E-state index contributed by atoms with van der Waals surface area (Å²) < 4.78 is 1.81. The van der Waals surface area contributed by atoms with E-state index in [0.29, 0.717) is 11.5 Å². The molecule has 5 nitrogen and oxygen atoms in total. The maximum absolute atomic E-state index is 12.2. The predicted octanol–water partition coefficient (Wildman–Crippen LogP) is 2.56. The number of halogens is 1. The molecule has 0 radical (unpaired) electrons. The molecule has 1 atom stereocenters. The van der Waals surface area contributed by atoms with E-state index in [4.69, 9.17) is 11.6 Å². The minimum absolute atomic E-state index is 0.0611. The van der Waals surface area contributed by atoms with Crippen molar-refractivity contribution in [1.82, 2.24) is 19.9 Å². The lowest BCUT2D eigenvalue weighted by Gasteiger charge is -2.17. The van der Waals surface area contributed by atoms with Crippen LogP contribution in [0.3, 0.4) is 0 Å². The summed E-state index contributed by atoms with van der Waals surface area (Å²) in [6.45, 7) is 7.67. The Kier molecular flexibility index (Phi) is 4.28. The van der Waals surface area contributed by atoms with Gasteiger partial charge in [0.15, 0.2) is 5.65 Å². The Balaban J connectivity index is 2.52.